The maximum atomic E-state index is 5.93. The fourth-order valence-corrected chi connectivity index (χ4v) is 1.42. The van der Waals surface area contributed by atoms with E-state index in [1.807, 2.05) is 13.8 Å². The molecule has 0 atom stereocenters. The monoisotopic (exact) mass is 238 g/mol. The van der Waals surface area contributed by atoms with Gasteiger partial charge in [0.15, 0.2) is 5.82 Å². The van der Waals surface area contributed by atoms with Crippen LogP contribution in [0.25, 0.3) is 5.82 Å². The van der Waals surface area contributed by atoms with E-state index in [1.165, 1.54) is 0 Å². The Morgan fingerprint density at radius 2 is 2.12 bits per heavy atom. The average Bonchev–Trinajstić information content (AvgIpc) is 2.58. The molecular weight excluding hydrogens is 228 g/mol. The summed E-state index contributed by atoms with van der Waals surface area (Å²) in [6.07, 6.45) is 1.69. The molecule has 0 unspecified atom stereocenters. The number of hydrogen-bond donors (Lipinski definition) is 2. The van der Waals surface area contributed by atoms with Crippen molar-refractivity contribution < 1.29 is 0 Å². The molecule has 7 heteroatoms. The summed E-state index contributed by atoms with van der Waals surface area (Å²) in [6, 6.07) is 1.80. The second kappa shape index (κ2) is 4.07. The first kappa shape index (κ1) is 10.8. The van der Waals surface area contributed by atoms with Crippen LogP contribution < -0.4 is 11.3 Å². The number of aromatic nitrogens is 4. The minimum absolute atomic E-state index is 0.347. The molecule has 0 aliphatic carbocycles. The van der Waals surface area contributed by atoms with Crippen molar-refractivity contribution in [1.82, 2.24) is 19.7 Å². The molecule has 0 bridgehead atoms. The molecule has 0 fully saturated rings. The third-order valence-electron chi connectivity index (χ3n) is 2.04. The Morgan fingerprint density at radius 3 is 2.69 bits per heavy atom. The van der Waals surface area contributed by atoms with E-state index in [0.29, 0.717) is 16.8 Å². The second-order valence-corrected chi connectivity index (χ2v) is 3.75. The van der Waals surface area contributed by atoms with Gasteiger partial charge in [-0.25, -0.2) is 15.5 Å². The molecule has 0 spiro atoms. The first-order valence-electron chi connectivity index (χ1n) is 4.64. The number of anilines is 1. The smallest absolute Gasteiger partial charge is 0.239 e. The van der Waals surface area contributed by atoms with Gasteiger partial charge in [-0.2, -0.15) is 10.1 Å². The molecule has 0 radical (unpaired) electrons. The summed E-state index contributed by atoms with van der Waals surface area (Å²) in [5.74, 6) is 6.24. The van der Waals surface area contributed by atoms with Crippen LogP contribution in [0.1, 0.15) is 11.4 Å². The fourth-order valence-electron chi connectivity index (χ4n) is 1.29. The van der Waals surface area contributed by atoms with Gasteiger partial charge in [0, 0.05) is 11.8 Å². The third-order valence-corrected chi connectivity index (χ3v) is 2.41. The molecule has 0 aliphatic rings. The summed E-state index contributed by atoms with van der Waals surface area (Å²) in [4.78, 5) is 8.26. The molecule has 16 heavy (non-hydrogen) atoms. The lowest BCUT2D eigenvalue weighted by molar-refractivity contribution is 0.822. The van der Waals surface area contributed by atoms with E-state index >= 15 is 0 Å². The molecular formula is C9H11ClN6. The number of halogens is 1. The number of hydrazine groups is 1. The van der Waals surface area contributed by atoms with Gasteiger partial charge in [0.2, 0.25) is 5.95 Å². The topological polar surface area (TPSA) is 81.7 Å². The largest absolute Gasteiger partial charge is 0.292 e. The quantitative estimate of drug-likeness (QED) is 0.607. The SMILES string of the molecule is Cc1cc(-n2cc(Cl)c(C)n2)nc(NN)n1. The van der Waals surface area contributed by atoms with Crippen molar-refractivity contribution in [1.29, 1.82) is 0 Å². The van der Waals surface area contributed by atoms with Gasteiger partial charge in [-0.15, -0.1) is 0 Å². The van der Waals surface area contributed by atoms with Crippen molar-refractivity contribution in [3.63, 3.8) is 0 Å². The molecule has 0 saturated heterocycles. The van der Waals surface area contributed by atoms with Crippen molar-refractivity contribution >= 4 is 17.5 Å². The highest BCUT2D eigenvalue weighted by Gasteiger charge is 2.07. The predicted octanol–water partition coefficient (Wildman–Crippen LogP) is 1.22. The lowest BCUT2D eigenvalue weighted by atomic mass is 10.4. The lowest BCUT2D eigenvalue weighted by Gasteiger charge is -2.04. The Bertz CT molecular complexity index is 501. The number of aryl methyl sites for hydroxylation is 2. The molecule has 3 N–H and O–H groups in total. The maximum absolute atomic E-state index is 5.93. The van der Waals surface area contributed by atoms with Crippen molar-refractivity contribution in [2.24, 2.45) is 5.84 Å². The van der Waals surface area contributed by atoms with Crippen LogP contribution in [-0.2, 0) is 0 Å². The number of rotatable bonds is 2. The molecule has 2 aromatic rings. The summed E-state index contributed by atoms with van der Waals surface area (Å²) in [7, 11) is 0. The van der Waals surface area contributed by atoms with Crippen molar-refractivity contribution in [3.8, 4) is 5.82 Å². The van der Waals surface area contributed by atoms with Crippen LogP contribution in [0.15, 0.2) is 12.3 Å². The number of nitrogen functional groups attached to an aromatic ring is 1. The standard InChI is InChI=1S/C9H11ClN6/c1-5-3-8(13-9(12-5)14-11)16-4-7(10)6(2)15-16/h3-4H,11H2,1-2H3,(H,12,13,14). The first-order valence-corrected chi connectivity index (χ1v) is 5.02. The zero-order chi connectivity index (χ0) is 11.7. The van der Waals surface area contributed by atoms with Crippen LogP contribution in [0.3, 0.4) is 0 Å². The summed E-state index contributed by atoms with van der Waals surface area (Å²) >= 11 is 5.93. The molecule has 2 aromatic heterocycles. The predicted molar refractivity (Wildman–Crippen MR) is 61.4 cm³/mol. The minimum atomic E-state index is 0.347. The molecule has 0 saturated carbocycles. The van der Waals surface area contributed by atoms with Gasteiger partial charge in [0.1, 0.15) is 0 Å². The molecule has 0 aromatic carbocycles. The number of nitrogens with two attached hydrogens (primary N) is 1. The normalized spacial score (nSPS) is 10.5. The van der Waals surface area contributed by atoms with Crippen LogP contribution >= 0.6 is 11.6 Å². The van der Waals surface area contributed by atoms with Crippen LogP contribution in [-0.4, -0.2) is 19.7 Å². The summed E-state index contributed by atoms with van der Waals surface area (Å²) in [5, 5.41) is 4.82. The van der Waals surface area contributed by atoms with E-state index in [9.17, 15) is 0 Å². The van der Waals surface area contributed by atoms with Gasteiger partial charge < -0.3 is 0 Å². The van der Waals surface area contributed by atoms with E-state index in [4.69, 9.17) is 17.4 Å². The third kappa shape index (κ3) is 1.98. The van der Waals surface area contributed by atoms with E-state index in [0.717, 1.165) is 11.4 Å². The Labute approximate surface area is 97.4 Å². The van der Waals surface area contributed by atoms with E-state index in [1.54, 1.807) is 16.9 Å². The lowest BCUT2D eigenvalue weighted by Crippen LogP contribution is -2.13. The summed E-state index contributed by atoms with van der Waals surface area (Å²) in [5.41, 5.74) is 3.95. The first-order chi connectivity index (χ1) is 7.60. The molecule has 0 amide bonds. The summed E-state index contributed by atoms with van der Waals surface area (Å²) < 4.78 is 1.59. The molecule has 2 heterocycles. The number of hydrogen-bond acceptors (Lipinski definition) is 5. The van der Waals surface area contributed by atoms with Gasteiger partial charge >= 0.3 is 0 Å². The van der Waals surface area contributed by atoms with Gasteiger partial charge in [0.25, 0.3) is 0 Å². The Kier molecular flexibility index (Phi) is 2.76. The molecule has 2 rings (SSSR count). The highest BCUT2D eigenvalue weighted by Crippen LogP contribution is 2.16. The van der Waals surface area contributed by atoms with Crippen molar-refractivity contribution in [2.45, 2.75) is 13.8 Å². The second-order valence-electron chi connectivity index (χ2n) is 3.34. The van der Waals surface area contributed by atoms with E-state index in [-0.39, 0.29) is 0 Å². The van der Waals surface area contributed by atoms with Gasteiger partial charge in [-0.3, -0.25) is 5.43 Å². The number of nitrogens with one attached hydrogen (secondary N) is 1. The fraction of sp³-hybridized carbons (Fsp3) is 0.222. The van der Waals surface area contributed by atoms with Gasteiger partial charge in [-0.05, 0) is 13.8 Å². The van der Waals surface area contributed by atoms with Gasteiger partial charge in [-0.1, -0.05) is 11.6 Å². The Hall–Kier alpha value is -1.66. The molecule has 84 valence electrons. The molecule has 0 aliphatic heterocycles. The Balaban J connectivity index is 2.50. The van der Waals surface area contributed by atoms with Crippen LogP contribution in [0.4, 0.5) is 5.95 Å². The zero-order valence-electron chi connectivity index (χ0n) is 8.90. The summed E-state index contributed by atoms with van der Waals surface area (Å²) in [6.45, 7) is 3.68. The highest BCUT2D eigenvalue weighted by molar-refractivity contribution is 6.31. The van der Waals surface area contributed by atoms with E-state index < -0.39 is 0 Å². The van der Waals surface area contributed by atoms with Crippen LogP contribution in [0, 0.1) is 13.8 Å². The average molecular weight is 239 g/mol. The zero-order valence-corrected chi connectivity index (χ0v) is 9.65. The van der Waals surface area contributed by atoms with Crippen molar-refractivity contribution in [2.75, 3.05) is 5.43 Å². The van der Waals surface area contributed by atoms with Crippen LogP contribution in [0.2, 0.25) is 5.02 Å². The van der Waals surface area contributed by atoms with Gasteiger partial charge in [0.05, 0.1) is 16.9 Å². The molecule has 6 nitrogen and oxygen atoms in total. The highest BCUT2D eigenvalue weighted by atomic mass is 35.5. The van der Waals surface area contributed by atoms with Crippen molar-refractivity contribution in [3.05, 3.63) is 28.7 Å². The van der Waals surface area contributed by atoms with E-state index in [2.05, 4.69) is 20.5 Å². The maximum Gasteiger partial charge on any atom is 0.239 e. The van der Waals surface area contributed by atoms with Crippen LogP contribution in [0.5, 0.6) is 0 Å². The number of nitrogens with zero attached hydrogens (tertiary/aromatic N) is 4. The minimum Gasteiger partial charge on any atom is -0.292 e. The Morgan fingerprint density at radius 1 is 1.38 bits per heavy atom.